The topological polar surface area (TPSA) is 76.1 Å². The average Bonchev–Trinajstić information content (AvgIpc) is 2.87. The second-order valence-corrected chi connectivity index (χ2v) is 7.02. The van der Waals surface area contributed by atoms with Crippen molar-refractivity contribution in [1.29, 1.82) is 0 Å². The van der Waals surface area contributed by atoms with Gasteiger partial charge in [-0.15, -0.1) is 0 Å². The average molecular weight is 383 g/mol. The van der Waals surface area contributed by atoms with E-state index in [0.717, 1.165) is 5.56 Å². The Balaban J connectivity index is 1.74. The molecule has 28 heavy (non-hydrogen) atoms. The maximum Gasteiger partial charge on any atom is 0.264 e. The first-order chi connectivity index (χ1) is 13.4. The zero-order valence-electron chi connectivity index (χ0n) is 16.4. The summed E-state index contributed by atoms with van der Waals surface area (Å²) in [6.07, 6.45) is 0.338. The standard InChI is InChI=1S/C22H25NO5/c1-15-8-6-9-17-20(15)23(21(25)22(17,26)14-16(2)24)12-7-13-28-19-11-5-4-10-18(19)27-3/h4-6,8-11,26H,7,12-14H2,1-3H3. The predicted molar refractivity (Wildman–Crippen MR) is 106 cm³/mol. The summed E-state index contributed by atoms with van der Waals surface area (Å²) in [6, 6.07) is 12.8. The lowest BCUT2D eigenvalue weighted by Gasteiger charge is -2.22. The summed E-state index contributed by atoms with van der Waals surface area (Å²) in [7, 11) is 1.58. The van der Waals surface area contributed by atoms with Crippen LogP contribution in [0.1, 0.15) is 30.9 Å². The number of benzene rings is 2. The molecule has 1 aliphatic heterocycles. The number of carbonyl (C=O) groups is 2. The molecular formula is C22H25NO5. The van der Waals surface area contributed by atoms with E-state index in [1.165, 1.54) is 6.92 Å². The summed E-state index contributed by atoms with van der Waals surface area (Å²) in [4.78, 5) is 26.2. The van der Waals surface area contributed by atoms with Crippen LogP contribution in [0.15, 0.2) is 42.5 Å². The van der Waals surface area contributed by atoms with E-state index in [4.69, 9.17) is 9.47 Å². The van der Waals surface area contributed by atoms with Crippen LogP contribution >= 0.6 is 0 Å². The SMILES string of the molecule is COc1ccccc1OCCCN1C(=O)C(O)(CC(C)=O)c2cccc(C)c21. The number of aryl methyl sites for hydroxylation is 1. The monoisotopic (exact) mass is 383 g/mol. The van der Waals surface area contributed by atoms with Crippen molar-refractivity contribution in [2.45, 2.75) is 32.3 Å². The van der Waals surface area contributed by atoms with Crippen LogP contribution in [-0.4, -0.2) is 37.1 Å². The smallest absolute Gasteiger partial charge is 0.264 e. The maximum absolute atomic E-state index is 13.0. The number of rotatable bonds is 8. The van der Waals surface area contributed by atoms with Gasteiger partial charge in [0.05, 0.1) is 19.4 Å². The van der Waals surface area contributed by atoms with Crippen LogP contribution < -0.4 is 14.4 Å². The molecule has 0 spiro atoms. The van der Waals surface area contributed by atoms with Gasteiger partial charge in [-0.1, -0.05) is 30.3 Å². The van der Waals surface area contributed by atoms with Crippen molar-refractivity contribution in [2.24, 2.45) is 0 Å². The number of anilines is 1. The molecule has 148 valence electrons. The van der Waals surface area contributed by atoms with E-state index in [-0.39, 0.29) is 12.2 Å². The van der Waals surface area contributed by atoms with Gasteiger partial charge in [0, 0.05) is 18.5 Å². The molecule has 2 aromatic rings. The highest BCUT2D eigenvalue weighted by molar-refractivity contribution is 6.09. The number of Topliss-reactive ketones (excluding diaryl/α,β-unsaturated/α-hetero) is 1. The Bertz CT molecular complexity index is 894. The number of carbonyl (C=O) groups excluding carboxylic acids is 2. The van der Waals surface area contributed by atoms with Crippen LogP contribution in [0.5, 0.6) is 11.5 Å². The minimum absolute atomic E-state index is 0.226. The molecule has 1 N–H and O–H groups in total. The summed E-state index contributed by atoms with van der Waals surface area (Å²) < 4.78 is 11.0. The highest BCUT2D eigenvalue weighted by atomic mass is 16.5. The number of ether oxygens (including phenoxy) is 2. The third kappa shape index (κ3) is 3.60. The van der Waals surface area contributed by atoms with E-state index in [1.807, 2.05) is 37.3 Å². The van der Waals surface area contributed by atoms with Gasteiger partial charge in [-0.25, -0.2) is 0 Å². The number of methoxy groups -OCH3 is 1. The molecule has 0 saturated carbocycles. The minimum atomic E-state index is -1.79. The number of hydrogen-bond donors (Lipinski definition) is 1. The number of amides is 1. The predicted octanol–water partition coefficient (Wildman–Crippen LogP) is 2.99. The first-order valence-corrected chi connectivity index (χ1v) is 9.28. The number of hydrogen-bond acceptors (Lipinski definition) is 5. The van der Waals surface area contributed by atoms with Crippen LogP contribution in [-0.2, 0) is 15.2 Å². The lowest BCUT2D eigenvalue weighted by Crippen LogP contribution is -2.42. The molecule has 0 radical (unpaired) electrons. The summed E-state index contributed by atoms with van der Waals surface area (Å²) in [5, 5.41) is 11.0. The fourth-order valence-corrected chi connectivity index (χ4v) is 3.68. The van der Waals surface area contributed by atoms with E-state index in [1.54, 1.807) is 24.1 Å². The van der Waals surface area contributed by atoms with Crippen LogP contribution in [0.25, 0.3) is 0 Å². The Labute approximate surface area is 164 Å². The first-order valence-electron chi connectivity index (χ1n) is 9.28. The van der Waals surface area contributed by atoms with Crippen LogP contribution in [0.2, 0.25) is 0 Å². The van der Waals surface area contributed by atoms with Crippen LogP contribution in [0.3, 0.4) is 0 Å². The van der Waals surface area contributed by atoms with Gasteiger partial charge in [0.25, 0.3) is 5.91 Å². The molecule has 1 atom stereocenters. The highest BCUT2D eigenvalue weighted by Gasteiger charge is 2.50. The fourth-order valence-electron chi connectivity index (χ4n) is 3.68. The summed E-state index contributed by atoms with van der Waals surface area (Å²) in [5.41, 5.74) is 0.277. The highest BCUT2D eigenvalue weighted by Crippen LogP contribution is 2.44. The number of nitrogens with zero attached hydrogens (tertiary/aromatic N) is 1. The zero-order valence-corrected chi connectivity index (χ0v) is 16.4. The molecule has 3 rings (SSSR count). The van der Waals surface area contributed by atoms with Gasteiger partial charge in [-0.2, -0.15) is 0 Å². The Hall–Kier alpha value is -2.86. The molecule has 2 aromatic carbocycles. The molecule has 0 aliphatic carbocycles. The maximum atomic E-state index is 13.0. The van der Waals surface area contributed by atoms with Crippen molar-refractivity contribution in [3.8, 4) is 11.5 Å². The van der Waals surface area contributed by atoms with Gasteiger partial charge in [0.1, 0.15) is 5.78 Å². The number of para-hydroxylation sites is 3. The van der Waals surface area contributed by atoms with Crippen LogP contribution in [0.4, 0.5) is 5.69 Å². The molecule has 0 aromatic heterocycles. The molecular weight excluding hydrogens is 358 g/mol. The molecule has 6 heteroatoms. The third-order valence-corrected chi connectivity index (χ3v) is 4.91. The van der Waals surface area contributed by atoms with Gasteiger partial charge in [0.15, 0.2) is 17.1 Å². The minimum Gasteiger partial charge on any atom is -0.493 e. The third-order valence-electron chi connectivity index (χ3n) is 4.91. The second-order valence-electron chi connectivity index (χ2n) is 7.02. The molecule has 1 amide bonds. The van der Waals surface area contributed by atoms with E-state index in [0.29, 0.717) is 42.3 Å². The lowest BCUT2D eigenvalue weighted by atomic mass is 9.89. The molecule has 0 saturated heterocycles. The van der Waals surface area contributed by atoms with Crippen molar-refractivity contribution in [3.63, 3.8) is 0 Å². The van der Waals surface area contributed by atoms with Gasteiger partial charge < -0.3 is 19.5 Å². The van der Waals surface area contributed by atoms with E-state index in [9.17, 15) is 14.7 Å². The molecule has 1 aliphatic rings. The second kappa shape index (κ2) is 8.02. The van der Waals surface area contributed by atoms with Crippen molar-refractivity contribution >= 4 is 17.4 Å². The number of aliphatic hydroxyl groups is 1. The largest absolute Gasteiger partial charge is 0.493 e. The Morgan fingerprint density at radius 2 is 1.86 bits per heavy atom. The van der Waals surface area contributed by atoms with Crippen molar-refractivity contribution < 1.29 is 24.2 Å². The van der Waals surface area contributed by atoms with Crippen molar-refractivity contribution in [1.82, 2.24) is 0 Å². The van der Waals surface area contributed by atoms with Gasteiger partial charge in [0.2, 0.25) is 0 Å². The van der Waals surface area contributed by atoms with Gasteiger partial charge in [-0.3, -0.25) is 9.59 Å². The zero-order chi connectivity index (χ0) is 20.3. The van der Waals surface area contributed by atoms with E-state index in [2.05, 4.69) is 0 Å². The van der Waals surface area contributed by atoms with E-state index < -0.39 is 11.5 Å². The quantitative estimate of drug-likeness (QED) is 0.709. The van der Waals surface area contributed by atoms with Crippen LogP contribution in [0, 0.1) is 6.92 Å². The Kier molecular flexibility index (Phi) is 5.70. The number of fused-ring (bicyclic) bond motifs is 1. The first kappa shape index (κ1) is 19.9. The van der Waals surface area contributed by atoms with Crippen molar-refractivity contribution in [2.75, 3.05) is 25.2 Å². The lowest BCUT2D eigenvalue weighted by molar-refractivity contribution is -0.141. The number of ketones is 1. The van der Waals surface area contributed by atoms with Gasteiger partial charge >= 0.3 is 0 Å². The summed E-state index contributed by atoms with van der Waals surface area (Å²) >= 11 is 0. The molecule has 1 unspecified atom stereocenters. The summed E-state index contributed by atoms with van der Waals surface area (Å²) in [6.45, 7) is 4.04. The Morgan fingerprint density at radius 3 is 2.54 bits per heavy atom. The van der Waals surface area contributed by atoms with E-state index >= 15 is 0 Å². The van der Waals surface area contributed by atoms with Gasteiger partial charge in [-0.05, 0) is 38.0 Å². The fraction of sp³-hybridized carbons (Fsp3) is 0.364. The normalized spacial score (nSPS) is 18.1. The van der Waals surface area contributed by atoms with Crippen molar-refractivity contribution in [3.05, 3.63) is 53.6 Å². The molecule has 0 fully saturated rings. The molecule has 6 nitrogen and oxygen atoms in total. The molecule has 0 bridgehead atoms. The summed E-state index contributed by atoms with van der Waals surface area (Å²) in [5.74, 6) is 0.605. The molecule has 1 heterocycles. The Morgan fingerprint density at radius 1 is 1.14 bits per heavy atom.